The highest BCUT2D eigenvalue weighted by molar-refractivity contribution is 7.90. The molecule has 0 heterocycles. The maximum absolute atomic E-state index is 11.6. The zero-order valence-electron chi connectivity index (χ0n) is 16.3. The highest BCUT2D eigenvalue weighted by atomic mass is 32.2. The third-order valence-corrected chi connectivity index (χ3v) is 6.29. The van der Waals surface area contributed by atoms with Crippen LogP contribution in [0.15, 0.2) is 36.5 Å². The Bertz CT molecular complexity index is 516. The largest absolute Gasteiger partial charge is 0.215 e. The van der Waals surface area contributed by atoms with Crippen molar-refractivity contribution in [3.05, 3.63) is 36.5 Å². The van der Waals surface area contributed by atoms with Crippen molar-refractivity contribution >= 4 is 10.0 Å². The molecule has 1 aliphatic carbocycles. The minimum atomic E-state index is -3.18. The molecule has 1 aliphatic rings. The molecule has 24 heavy (non-hydrogen) atoms. The quantitative estimate of drug-likeness (QED) is 0.585. The lowest BCUT2D eigenvalue weighted by atomic mass is 9.79. The molecule has 0 aromatic heterocycles. The van der Waals surface area contributed by atoms with Gasteiger partial charge in [0, 0.05) is 7.97 Å². The van der Waals surface area contributed by atoms with E-state index < -0.39 is 15.3 Å². The van der Waals surface area contributed by atoms with Crippen LogP contribution in [-0.4, -0.2) is 20.2 Å². The molecule has 142 valence electrons. The predicted molar refractivity (Wildman–Crippen MR) is 109 cm³/mol. The molecule has 0 unspecified atom stereocenters. The molecule has 1 N–H and O–H groups in total. The van der Waals surface area contributed by atoms with E-state index in [0.717, 1.165) is 11.5 Å². The van der Waals surface area contributed by atoms with Crippen molar-refractivity contribution in [3.63, 3.8) is 0 Å². The fourth-order valence-corrected chi connectivity index (χ4v) is 3.32. The standard InChI is InChI=1S/C18H31NO2S.C2H6.H2/c1-14(2)22(20,21)19-13-12-16(4)6-9-17(5)18-10-7-15(3)8-11-18;1-2;/h6,9,14-15,18-19H,4-5,7-8,10-13H2,1-3H3;1-2H3;1H/b9-6-;;. The Kier molecular flexibility index (Phi) is 11.2. The van der Waals surface area contributed by atoms with Gasteiger partial charge in [-0.25, -0.2) is 13.1 Å². The molecule has 3 nitrogen and oxygen atoms in total. The van der Waals surface area contributed by atoms with Crippen molar-refractivity contribution in [2.24, 2.45) is 11.8 Å². The van der Waals surface area contributed by atoms with Crippen molar-refractivity contribution in [1.82, 2.24) is 4.72 Å². The van der Waals surface area contributed by atoms with Gasteiger partial charge in [0.2, 0.25) is 10.0 Å². The number of allylic oxidation sites excluding steroid dienone is 3. The highest BCUT2D eigenvalue weighted by Gasteiger charge is 2.19. The van der Waals surface area contributed by atoms with Gasteiger partial charge in [-0.15, -0.1) is 0 Å². The Balaban J connectivity index is 0. The summed E-state index contributed by atoms with van der Waals surface area (Å²) < 4.78 is 25.9. The lowest BCUT2D eigenvalue weighted by Crippen LogP contribution is -2.31. The molecular weight excluding hydrogens is 318 g/mol. The minimum absolute atomic E-state index is 0. The fraction of sp³-hybridized carbons (Fsp3) is 0.700. The van der Waals surface area contributed by atoms with Crippen LogP contribution in [0.5, 0.6) is 0 Å². The van der Waals surface area contributed by atoms with E-state index in [2.05, 4.69) is 30.9 Å². The molecule has 1 saturated carbocycles. The van der Waals surface area contributed by atoms with Crippen molar-refractivity contribution < 1.29 is 9.84 Å². The van der Waals surface area contributed by atoms with Crippen LogP contribution < -0.4 is 4.72 Å². The van der Waals surface area contributed by atoms with Crippen LogP contribution in [0.4, 0.5) is 0 Å². The predicted octanol–water partition coefficient (Wildman–Crippen LogP) is 5.47. The van der Waals surface area contributed by atoms with Gasteiger partial charge in [0.1, 0.15) is 0 Å². The minimum Gasteiger partial charge on any atom is -0.215 e. The first-order chi connectivity index (χ1) is 11.2. The van der Waals surface area contributed by atoms with Crippen molar-refractivity contribution in [2.75, 3.05) is 6.54 Å². The Labute approximate surface area is 151 Å². The van der Waals surface area contributed by atoms with E-state index in [4.69, 9.17) is 0 Å². The van der Waals surface area contributed by atoms with Crippen LogP contribution in [0.1, 0.15) is 68.1 Å². The number of hydrogen-bond acceptors (Lipinski definition) is 2. The van der Waals surface area contributed by atoms with Crippen LogP contribution >= 0.6 is 0 Å². The van der Waals surface area contributed by atoms with Crippen molar-refractivity contribution in [1.29, 1.82) is 0 Å². The average Bonchev–Trinajstić information content (AvgIpc) is 2.55. The van der Waals surface area contributed by atoms with Gasteiger partial charge < -0.3 is 0 Å². The first kappa shape index (κ1) is 23.1. The molecule has 0 amide bonds. The second-order valence-corrected chi connectivity index (χ2v) is 9.08. The Hall–Kier alpha value is -0.870. The molecule has 0 aromatic rings. The van der Waals surface area contributed by atoms with E-state index in [1.807, 2.05) is 19.9 Å². The van der Waals surface area contributed by atoms with Crippen molar-refractivity contribution in [3.8, 4) is 0 Å². The van der Waals surface area contributed by atoms with E-state index in [1.54, 1.807) is 13.8 Å². The molecule has 0 saturated heterocycles. The van der Waals surface area contributed by atoms with Crippen LogP contribution in [0, 0.1) is 11.8 Å². The Morgan fingerprint density at radius 2 is 1.71 bits per heavy atom. The molecule has 0 bridgehead atoms. The first-order valence-electron chi connectivity index (χ1n) is 9.25. The maximum Gasteiger partial charge on any atom is 0.213 e. The summed E-state index contributed by atoms with van der Waals surface area (Å²) in [7, 11) is -3.18. The topological polar surface area (TPSA) is 46.2 Å². The molecule has 0 atom stereocenters. The van der Waals surface area contributed by atoms with E-state index >= 15 is 0 Å². The molecule has 1 rings (SSSR count). The molecule has 1 fully saturated rings. The number of sulfonamides is 1. The zero-order valence-corrected chi connectivity index (χ0v) is 17.1. The molecule has 4 heteroatoms. The third-order valence-electron chi connectivity index (χ3n) is 4.44. The molecule has 0 spiro atoms. The number of nitrogens with one attached hydrogen (secondary N) is 1. The van der Waals surface area contributed by atoms with Crippen molar-refractivity contribution in [2.45, 2.75) is 72.0 Å². The van der Waals surface area contributed by atoms with E-state index in [1.165, 1.54) is 31.3 Å². The van der Waals surface area contributed by atoms with Gasteiger partial charge >= 0.3 is 0 Å². The molecule has 0 radical (unpaired) electrons. The second-order valence-electron chi connectivity index (χ2n) is 6.76. The van der Waals surface area contributed by atoms with Crippen LogP contribution in [0.2, 0.25) is 0 Å². The lowest BCUT2D eigenvalue weighted by Gasteiger charge is -2.26. The SMILES string of the molecule is C=C(/C=C\C(=C)C1CCC(C)CC1)CCNS(=O)(=O)C(C)C.CC.[HH]. The van der Waals surface area contributed by atoms with Crippen LogP contribution in [0.3, 0.4) is 0 Å². The zero-order chi connectivity index (χ0) is 18.8. The smallest absolute Gasteiger partial charge is 0.213 e. The van der Waals surface area contributed by atoms with Gasteiger partial charge in [-0.3, -0.25) is 0 Å². The number of rotatable bonds is 8. The summed E-state index contributed by atoms with van der Waals surface area (Å²) >= 11 is 0. The highest BCUT2D eigenvalue weighted by Crippen LogP contribution is 2.32. The third kappa shape index (κ3) is 8.84. The first-order valence-corrected chi connectivity index (χ1v) is 10.8. The summed E-state index contributed by atoms with van der Waals surface area (Å²) in [5, 5.41) is -0.398. The number of hydrogen-bond donors (Lipinski definition) is 1. The molecular formula is C20H39NO2S. The van der Waals surface area contributed by atoms with E-state index in [-0.39, 0.29) is 1.43 Å². The van der Waals surface area contributed by atoms with Gasteiger partial charge in [0.15, 0.2) is 0 Å². The Morgan fingerprint density at radius 3 is 2.21 bits per heavy atom. The normalized spacial score (nSPS) is 21.4. The second kappa shape index (κ2) is 11.6. The van der Waals surface area contributed by atoms with Gasteiger partial charge in [-0.2, -0.15) is 0 Å². The average molecular weight is 358 g/mol. The van der Waals surface area contributed by atoms with E-state index in [9.17, 15) is 8.42 Å². The maximum atomic E-state index is 11.6. The Morgan fingerprint density at radius 1 is 1.17 bits per heavy atom. The summed E-state index contributed by atoms with van der Waals surface area (Å²) in [5.41, 5.74) is 2.10. The molecule has 0 aromatic carbocycles. The fourth-order valence-electron chi connectivity index (χ4n) is 2.60. The summed E-state index contributed by atoms with van der Waals surface area (Å²) in [6.07, 6.45) is 9.68. The van der Waals surface area contributed by atoms with Gasteiger partial charge in [0.25, 0.3) is 0 Å². The summed E-state index contributed by atoms with van der Waals surface area (Å²) in [4.78, 5) is 0. The molecule has 0 aliphatic heterocycles. The van der Waals surface area contributed by atoms with E-state index in [0.29, 0.717) is 18.9 Å². The van der Waals surface area contributed by atoms with Crippen LogP contribution in [0.25, 0.3) is 0 Å². The van der Waals surface area contributed by atoms with Gasteiger partial charge in [-0.05, 0) is 44.9 Å². The van der Waals surface area contributed by atoms with Gasteiger partial charge in [-0.1, -0.05) is 70.1 Å². The summed E-state index contributed by atoms with van der Waals surface area (Å²) in [6, 6.07) is 0. The monoisotopic (exact) mass is 357 g/mol. The summed E-state index contributed by atoms with van der Waals surface area (Å²) in [6.45, 7) is 18.2. The van der Waals surface area contributed by atoms with Gasteiger partial charge in [0.05, 0.1) is 5.25 Å². The van der Waals surface area contributed by atoms with Crippen LogP contribution in [-0.2, 0) is 10.0 Å². The lowest BCUT2D eigenvalue weighted by molar-refractivity contribution is 0.324. The summed E-state index contributed by atoms with van der Waals surface area (Å²) in [5.74, 6) is 1.44.